The molecule has 4 aromatic rings. The number of carbonyl (C=O) groups is 2. The molecule has 0 spiro atoms. The summed E-state index contributed by atoms with van der Waals surface area (Å²) in [4.78, 5) is 50.2. The molecule has 5 rings (SSSR count). The van der Waals surface area contributed by atoms with E-state index in [1.807, 2.05) is 18.2 Å². The summed E-state index contributed by atoms with van der Waals surface area (Å²) in [6.07, 6.45) is 3.28. The number of fused-ring (bicyclic) bond motifs is 1. The van der Waals surface area contributed by atoms with E-state index in [9.17, 15) is 19.5 Å². The van der Waals surface area contributed by atoms with E-state index in [1.54, 1.807) is 41.0 Å². The van der Waals surface area contributed by atoms with Crippen molar-refractivity contribution in [3.05, 3.63) is 71.3 Å². The lowest BCUT2D eigenvalue weighted by molar-refractivity contribution is -0.143. The number of nitrogen functional groups attached to an aromatic ring is 1. The molecule has 2 amide bonds. The van der Waals surface area contributed by atoms with E-state index >= 15 is 0 Å². The van der Waals surface area contributed by atoms with E-state index in [-0.39, 0.29) is 23.1 Å². The van der Waals surface area contributed by atoms with Crippen LogP contribution >= 0.6 is 0 Å². The van der Waals surface area contributed by atoms with Crippen LogP contribution in [0.25, 0.3) is 22.4 Å². The van der Waals surface area contributed by atoms with Crippen molar-refractivity contribution in [3.63, 3.8) is 0 Å². The molecule has 2 aromatic heterocycles. The molecule has 188 valence electrons. The third kappa shape index (κ3) is 4.96. The van der Waals surface area contributed by atoms with E-state index in [0.29, 0.717) is 53.8 Å². The van der Waals surface area contributed by atoms with Crippen molar-refractivity contribution < 1.29 is 14.7 Å². The number of carboxylic acids is 1. The second-order valence-corrected chi connectivity index (χ2v) is 8.93. The van der Waals surface area contributed by atoms with Crippen LogP contribution in [-0.4, -0.2) is 36.6 Å². The predicted molar refractivity (Wildman–Crippen MR) is 139 cm³/mol. The number of rotatable bonds is 5. The van der Waals surface area contributed by atoms with Gasteiger partial charge in [0.1, 0.15) is 17.5 Å². The van der Waals surface area contributed by atoms with Gasteiger partial charge in [0.05, 0.1) is 5.92 Å². The Balaban J connectivity index is 1.45. The molecular formula is C26H25N7O4. The normalized spacial score (nSPS) is 17.3. The Labute approximate surface area is 211 Å². The van der Waals surface area contributed by atoms with E-state index in [0.717, 1.165) is 0 Å². The maximum Gasteiger partial charge on any atom is 0.323 e. The van der Waals surface area contributed by atoms with E-state index in [1.165, 1.54) is 6.33 Å². The fourth-order valence-electron chi connectivity index (χ4n) is 4.67. The lowest BCUT2D eigenvalue weighted by Crippen LogP contribution is -2.32. The molecule has 0 atom stereocenters. The van der Waals surface area contributed by atoms with Gasteiger partial charge in [-0.25, -0.2) is 19.7 Å². The first-order chi connectivity index (χ1) is 17.9. The number of nitrogens with two attached hydrogens (primary N) is 1. The average molecular weight is 500 g/mol. The molecule has 0 radical (unpaired) electrons. The van der Waals surface area contributed by atoms with Gasteiger partial charge in [-0.2, -0.15) is 0 Å². The highest BCUT2D eigenvalue weighted by molar-refractivity contribution is 5.99. The number of hydrogen-bond acceptors (Lipinski definition) is 7. The van der Waals surface area contributed by atoms with Crippen LogP contribution in [0.5, 0.6) is 0 Å². The Morgan fingerprint density at radius 2 is 1.57 bits per heavy atom. The smallest absolute Gasteiger partial charge is 0.323 e. The first-order valence-corrected chi connectivity index (χ1v) is 11.9. The number of para-hydroxylation sites is 1. The first-order valence-electron chi connectivity index (χ1n) is 11.9. The fourth-order valence-corrected chi connectivity index (χ4v) is 4.67. The van der Waals surface area contributed by atoms with Crippen LogP contribution in [0.4, 0.5) is 22.0 Å². The average Bonchev–Trinajstić information content (AvgIpc) is 2.90. The van der Waals surface area contributed by atoms with Gasteiger partial charge >= 0.3 is 12.0 Å². The molecule has 1 fully saturated rings. The zero-order valence-electron chi connectivity index (χ0n) is 19.8. The first kappa shape index (κ1) is 23.9. The van der Waals surface area contributed by atoms with Crippen molar-refractivity contribution >= 4 is 40.4 Å². The number of nitrogens with zero attached hydrogens (tertiary/aromatic N) is 4. The topological polar surface area (TPSA) is 165 Å². The van der Waals surface area contributed by atoms with Crippen molar-refractivity contribution in [3.8, 4) is 11.3 Å². The summed E-state index contributed by atoms with van der Waals surface area (Å²) in [6, 6.07) is 15.2. The molecule has 0 unspecified atom stereocenters. The molecule has 0 bridgehead atoms. The van der Waals surface area contributed by atoms with Gasteiger partial charge in [-0.1, -0.05) is 30.3 Å². The van der Waals surface area contributed by atoms with Crippen molar-refractivity contribution in [2.45, 2.75) is 31.7 Å². The summed E-state index contributed by atoms with van der Waals surface area (Å²) >= 11 is 0. The second kappa shape index (κ2) is 10.1. The van der Waals surface area contributed by atoms with Crippen LogP contribution in [-0.2, 0) is 4.79 Å². The minimum absolute atomic E-state index is 0.148. The molecule has 11 nitrogen and oxygen atoms in total. The number of benzene rings is 2. The number of carboxylic acid groups (broad SMARTS) is 1. The second-order valence-electron chi connectivity index (χ2n) is 8.93. The largest absolute Gasteiger partial charge is 0.481 e. The third-order valence-corrected chi connectivity index (χ3v) is 6.56. The van der Waals surface area contributed by atoms with Gasteiger partial charge in [0, 0.05) is 23.0 Å². The van der Waals surface area contributed by atoms with Crippen LogP contribution in [0.3, 0.4) is 0 Å². The Bertz CT molecular complexity index is 1510. The fraction of sp³-hybridized carbons (Fsp3) is 0.231. The molecule has 2 heterocycles. The quantitative estimate of drug-likeness (QED) is 0.321. The van der Waals surface area contributed by atoms with Gasteiger partial charge in [-0.15, -0.1) is 0 Å². The van der Waals surface area contributed by atoms with Gasteiger partial charge in [0.15, 0.2) is 11.5 Å². The standard InChI is InChI=1S/C26H25N7O4/c27-22-21-23(29-14-28-22)33(19-12-8-16(9-13-19)25(35)36)24(34)20(32-21)15-6-10-18(11-7-15)31-26(37)30-17-4-2-1-3-5-17/h1-7,10-11,14,16,19H,8-9,12-13H2,(H,35,36)(H2,27,28,29)(H2,30,31,37). The minimum Gasteiger partial charge on any atom is -0.481 e. The van der Waals surface area contributed by atoms with Crippen molar-refractivity contribution in [2.75, 3.05) is 16.4 Å². The zero-order chi connectivity index (χ0) is 25.9. The number of anilines is 3. The van der Waals surface area contributed by atoms with Gasteiger partial charge in [-0.3, -0.25) is 14.2 Å². The summed E-state index contributed by atoms with van der Waals surface area (Å²) in [6.45, 7) is 0. The molecule has 37 heavy (non-hydrogen) atoms. The number of urea groups is 1. The van der Waals surface area contributed by atoms with Crippen molar-refractivity contribution in [2.24, 2.45) is 5.92 Å². The Hall–Kier alpha value is -4.80. The van der Waals surface area contributed by atoms with E-state index in [2.05, 4.69) is 25.6 Å². The van der Waals surface area contributed by atoms with Gasteiger partial charge in [-0.05, 0) is 49.9 Å². The zero-order valence-corrected chi connectivity index (χ0v) is 19.8. The maximum absolute atomic E-state index is 13.7. The van der Waals surface area contributed by atoms with Crippen LogP contribution in [0.2, 0.25) is 0 Å². The highest BCUT2D eigenvalue weighted by atomic mass is 16.4. The van der Waals surface area contributed by atoms with E-state index < -0.39 is 17.9 Å². The molecule has 0 aliphatic heterocycles. The molecule has 11 heteroatoms. The number of hydrogen-bond donors (Lipinski definition) is 4. The number of carbonyl (C=O) groups excluding carboxylic acids is 1. The molecule has 1 saturated carbocycles. The highest BCUT2D eigenvalue weighted by Gasteiger charge is 2.29. The van der Waals surface area contributed by atoms with Crippen molar-refractivity contribution in [1.29, 1.82) is 0 Å². The molecule has 1 aliphatic rings. The molecule has 0 saturated heterocycles. The highest BCUT2D eigenvalue weighted by Crippen LogP contribution is 2.34. The summed E-state index contributed by atoms with van der Waals surface area (Å²) in [5.74, 6) is -1.09. The summed E-state index contributed by atoms with van der Waals surface area (Å²) in [7, 11) is 0. The summed E-state index contributed by atoms with van der Waals surface area (Å²) in [5.41, 5.74) is 8.30. The number of amides is 2. The number of nitrogens with one attached hydrogen (secondary N) is 2. The van der Waals surface area contributed by atoms with Crippen LogP contribution < -0.4 is 21.9 Å². The Morgan fingerprint density at radius 1 is 0.919 bits per heavy atom. The van der Waals surface area contributed by atoms with Crippen molar-refractivity contribution in [1.82, 2.24) is 19.5 Å². The third-order valence-electron chi connectivity index (χ3n) is 6.56. The SMILES string of the molecule is Nc1ncnc2c1nc(-c1ccc(NC(=O)Nc3ccccc3)cc1)c(=O)n2C1CCC(C(=O)O)CC1. The Morgan fingerprint density at radius 3 is 2.22 bits per heavy atom. The number of aromatic nitrogens is 4. The van der Waals surface area contributed by atoms with E-state index in [4.69, 9.17) is 5.73 Å². The minimum atomic E-state index is -0.816. The summed E-state index contributed by atoms with van der Waals surface area (Å²) in [5, 5.41) is 14.9. The van der Waals surface area contributed by atoms with Crippen LogP contribution in [0, 0.1) is 5.92 Å². The maximum atomic E-state index is 13.7. The predicted octanol–water partition coefficient (Wildman–Crippen LogP) is 3.90. The molecule has 2 aromatic carbocycles. The monoisotopic (exact) mass is 499 g/mol. The molecule has 5 N–H and O–H groups in total. The van der Waals surface area contributed by atoms with Crippen LogP contribution in [0.1, 0.15) is 31.7 Å². The molecular weight excluding hydrogens is 474 g/mol. The van der Waals surface area contributed by atoms with Gasteiger partial charge < -0.3 is 21.5 Å². The molecule has 1 aliphatic carbocycles. The van der Waals surface area contributed by atoms with Gasteiger partial charge in [0.2, 0.25) is 0 Å². The lowest BCUT2D eigenvalue weighted by atomic mass is 9.86. The van der Waals surface area contributed by atoms with Gasteiger partial charge in [0.25, 0.3) is 5.56 Å². The Kier molecular flexibility index (Phi) is 6.50. The lowest BCUT2D eigenvalue weighted by Gasteiger charge is -2.28. The van der Waals surface area contributed by atoms with Crippen LogP contribution in [0.15, 0.2) is 65.7 Å². The number of aliphatic carboxylic acids is 1. The summed E-state index contributed by atoms with van der Waals surface area (Å²) < 4.78 is 1.58.